The predicted molar refractivity (Wildman–Crippen MR) is 58.9 cm³/mol. The Morgan fingerprint density at radius 3 is 2.75 bits per heavy atom. The average molecular weight is 228 g/mol. The van der Waals surface area contributed by atoms with Gasteiger partial charge < -0.3 is 20.1 Å². The molecule has 1 heterocycles. The van der Waals surface area contributed by atoms with Gasteiger partial charge in [-0.15, -0.1) is 0 Å². The van der Waals surface area contributed by atoms with E-state index < -0.39 is 6.10 Å². The maximum atomic E-state index is 11.9. The Balaban J connectivity index is 1.74. The van der Waals surface area contributed by atoms with E-state index in [1.165, 1.54) is 0 Å². The lowest BCUT2D eigenvalue weighted by Crippen LogP contribution is -2.48. The topological polar surface area (TPSA) is 64.8 Å². The van der Waals surface area contributed by atoms with Gasteiger partial charge in [0.2, 0.25) is 0 Å². The van der Waals surface area contributed by atoms with E-state index in [-0.39, 0.29) is 5.91 Å². The zero-order valence-electron chi connectivity index (χ0n) is 9.72. The van der Waals surface area contributed by atoms with Crippen molar-refractivity contribution in [2.45, 2.75) is 25.0 Å². The molecule has 16 heavy (non-hydrogen) atoms. The van der Waals surface area contributed by atoms with Crippen molar-refractivity contribution in [3.8, 4) is 0 Å². The number of carbonyl (C=O) groups excluding carboxylic acids is 1. The van der Waals surface area contributed by atoms with Crippen LogP contribution in [0.15, 0.2) is 0 Å². The Labute approximate surface area is 95.9 Å². The molecule has 0 aromatic carbocycles. The molecule has 1 aliphatic heterocycles. The molecule has 0 spiro atoms. The Morgan fingerprint density at radius 2 is 2.19 bits per heavy atom. The summed E-state index contributed by atoms with van der Waals surface area (Å²) in [7, 11) is 1.82. The number of ether oxygens (including phenoxy) is 2. The fourth-order valence-corrected chi connectivity index (χ4v) is 2.29. The molecule has 5 nitrogen and oxygen atoms in total. The van der Waals surface area contributed by atoms with Gasteiger partial charge in [0.1, 0.15) is 0 Å². The second-order valence-corrected chi connectivity index (χ2v) is 4.75. The van der Waals surface area contributed by atoms with E-state index in [0.717, 1.165) is 19.4 Å². The Hall–Kier alpha value is -0.650. The van der Waals surface area contributed by atoms with Gasteiger partial charge in [-0.2, -0.15) is 0 Å². The molecule has 0 aromatic rings. The number of carbonyl (C=O) groups is 1. The van der Waals surface area contributed by atoms with Crippen molar-refractivity contribution in [2.75, 3.05) is 33.4 Å². The van der Waals surface area contributed by atoms with Crippen LogP contribution in [0.2, 0.25) is 0 Å². The van der Waals surface area contributed by atoms with Crippen LogP contribution >= 0.6 is 0 Å². The number of nitrogens with zero attached hydrogens (tertiary/aromatic N) is 1. The minimum atomic E-state index is -0.410. The van der Waals surface area contributed by atoms with E-state index in [9.17, 15) is 4.79 Å². The van der Waals surface area contributed by atoms with E-state index in [2.05, 4.69) is 0 Å². The third kappa shape index (κ3) is 2.72. The van der Waals surface area contributed by atoms with E-state index in [4.69, 9.17) is 15.2 Å². The van der Waals surface area contributed by atoms with Gasteiger partial charge in [0, 0.05) is 19.6 Å². The van der Waals surface area contributed by atoms with Crippen molar-refractivity contribution in [1.82, 2.24) is 4.90 Å². The molecule has 0 bridgehead atoms. The van der Waals surface area contributed by atoms with Crippen LogP contribution in [0.4, 0.5) is 0 Å². The summed E-state index contributed by atoms with van der Waals surface area (Å²) in [6.07, 6.45) is 1.65. The van der Waals surface area contributed by atoms with Gasteiger partial charge in [-0.25, -0.2) is 0 Å². The Kier molecular flexibility index (Phi) is 3.78. The van der Waals surface area contributed by atoms with Crippen LogP contribution in [-0.4, -0.2) is 56.4 Å². The lowest BCUT2D eigenvalue weighted by Gasteiger charge is -2.36. The first-order valence-electron chi connectivity index (χ1n) is 5.86. The molecule has 2 aliphatic rings. The van der Waals surface area contributed by atoms with Crippen molar-refractivity contribution in [2.24, 2.45) is 11.7 Å². The van der Waals surface area contributed by atoms with Gasteiger partial charge >= 0.3 is 0 Å². The maximum Gasteiger partial charge on any atom is 0.253 e. The zero-order chi connectivity index (χ0) is 11.5. The third-order valence-corrected chi connectivity index (χ3v) is 3.27. The fraction of sp³-hybridized carbons (Fsp3) is 0.909. The van der Waals surface area contributed by atoms with E-state index in [1.807, 2.05) is 7.05 Å². The first-order valence-corrected chi connectivity index (χ1v) is 5.86. The van der Waals surface area contributed by atoms with E-state index >= 15 is 0 Å². The standard InChI is InChI=1S/C11H20N2O3/c1-13(6-8-4-9(12)5-8)11(14)10-7-15-2-3-16-10/h8-10H,2-7,12H2,1H3. The highest BCUT2D eigenvalue weighted by atomic mass is 16.6. The second-order valence-electron chi connectivity index (χ2n) is 4.75. The quantitative estimate of drug-likeness (QED) is 0.713. The molecule has 1 saturated heterocycles. The van der Waals surface area contributed by atoms with Gasteiger partial charge in [0.05, 0.1) is 19.8 Å². The molecule has 1 amide bonds. The first kappa shape index (κ1) is 11.8. The predicted octanol–water partition coefficient (Wildman–Crippen LogP) is -0.402. The normalized spacial score (nSPS) is 34.2. The summed E-state index contributed by atoms with van der Waals surface area (Å²) in [6, 6.07) is 0.336. The van der Waals surface area contributed by atoms with Crippen LogP contribution in [0.1, 0.15) is 12.8 Å². The summed E-state index contributed by atoms with van der Waals surface area (Å²) in [6.45, 7) is 2.27. The molecule has 5 heteroatoms. The fourth-order valence-electron chi connectivity index (χ4n) is 2.29. The van der Waals surface area contributed by atoms with Gasteiger partial charge in [-0.3, -0.25) is 4.79 Å². The highest BCUT2D eigenvalue weighted by Crippen LogP contribution is 2.26. The first-order chi connectivity index (χ1) is 7.66. The van der Waals surface area contributed by atoms with Crippen LogP contribution < -0.4 is 5.73 Å². The minimum absolute atomic E-state index is 0.0279. The second kappa shape index (κ2) is 5.12. The van der Waals surface area contributed by atoms with Gasteiger partial charge in [-0.1, -0.05) is 0 Å². The summed E-state index contributed by atoms with van der Waals surface area (Å²) in [5.41, 5.74) is 5.72. The van der Waals surface area contributed by atoms with E-state index in [0.29, 0.717) is 31.8 Å². The number of hydrogen-bond acceptors (Lipinski definition) is 4. The summed E-state index contributed by atoms with van der Waals surface area (Å²) in [4.78, 5) is 13.7. The molecule has 2 fully saturated rings. The van der Waals surface area contributed by atoms with Crippen LogP contribution in [0.5, 0.6) is 0 Å². The van der Waals surface area contributed by atoms with E-state index in [1.54, 1.807) is 4.90 Å². The molecular weight excluding hydrogens is 208 g/mol. The molecule has 1 saturated carbocycles. The lowest BCUT2D eigenvalue weighted by molar-refractivity contribution is -0.157. The van der Waals surface area contributed by atoms with Crippen LogP contribution in [0.25, 0.3) is 0 Å². The Morgan fingerprint density at radius 1 is 1.44 bits per heavy atom. The van der Waals surface area contributed by atoms with Crippen molar-refractivity contribution in [3.05, 3.63) is 0 Å². The van der Waals surface area contributed by atoms with Crippen LogP contribution in [0, 0.1) is 5.92 Å². The van der Waals surface area contributed by atoms with Crippen molar-refractivity contribution in [1.29, 1.82) is 0 Å². The summed E-state index contributed by atoms with van der Waals surface area (Å²) >= 11 is 0. The van der Waals surface area contributed by atoms with Crippen molar-refractivity contribution < 1.29 is 14.3 Å². The summed E-state index contributed by atoms with van der Waals surface area (Å²) in [5.74, 6) is 0.591. The molecule has 2 N–H and O–H groups in total. The molecule has 1 atom stereocenters. The molecule has 1 aliphatic carbocycles. The molecule has 1 unspecified atom stereocenters. The number of rotatable bonds is 3. The summed E-state index contributed by atoms with van der Waals surface area (Å²) < 4.78 is 10.6. The molecule has 92 valence electrons. The zero-order valence-corrected chi connectivity index (χ0v) is 9.72. The molecular formula is C11H20N2O3. The molecule has 0 radical (unpaired) electrons. The third-order valence-electron chi connectivity index (χ3n) is 3.27. The van der Waals surface area contributed by atoms with Crippen LogP contribution in [0.3, 0.4) is 0 Å². The number of hydrogen-bond donors (Lipinski definition) is 1. The number of likely N-dealkylation sites (N-methyl/N-ethyl adjacent to an activating group) is 1. The average Bonchev–Trinajstić information content (AvgIpc) is 2.27. The van der Waals surface area contributed by atoms with Gasteiger partial charge in [0.25, 0.3) is 5.91 Å². The maximum absolute atomic E-state index is 11.9. The minimum Gasteiger partial charge on any atom is -0.376 e. The summed E-state index contributed by atoms with van der Waals surface area (Å²) in [5, 5.41) is 0. The lowest BCUT2D eigenvalue weighted by atomic mass is 9.80. The highest BCUT2D eigenvalue weighted by Gasteiger charge is 2.31. The SMILES string of the molecule is CN(CC1CC(N)C1)C(=O)C1COCCO1. The van der Waals surface area contributed by atoms with Gasteiger partial charge in [0.15, 0.2) is 6.10 Å². The number of nitrogens with two attached hydrogens (primary N) is 1. The molecule has 2 rings (SSSR count). The molecule has 0 aromatic heterocycles. The Bertz CT molecular complexity index is 248. The monoisotopic (exact) mass is 228 g/mol. The van der Waals surface area contributed by atoms with Crippen molar-refractivity contribution >= 4 is 5.91 Å². The van der Waals surface area contributed by atoms with Crippen molar-refractivity contribution in [3.63, 3.8) is 0 Å². The van der Waals surface area contributed by atoms with Gasteiger partial charge in [-0.05, 0) is 18.8 Å². The largest absolute Gasteiger partial charge is 0.376 e. The number of amides is 1. The van der Waals surface area contributed by atoms with Crippen LogP contribution in [-0.2, 0) is 14.3 Å². The smallest absolute Gasteiger partial charge is 0.253 e. The highest BCUT2D eigenvalue weighted by molar-refractivity contribution is 5.80.